The van der Waals surface area contributed by atoms with E-state index in [9.17, 15) is 0 Å². The Kier molecular flexibility index (Phi) is 7.66. The molecule has 0 unspecified atom stereocenters. The Hall–Kier alpha value is -0.966. The van der Waals surface area contributed by atoms with Crippen LogP contribution in [0.5, 0.6) is 0 Å². The Morgan fingerprint density at radius 2 is 1.67 bits per heavy atom. The van der Waals surface area contributed by atoms with Crippen molar-refractivity contribution in [3.63, 3.8) is 0 Å². The fraction of sp³-hybridized carbons (Fsp3) is 0.409. The van der Waals surface area contributed by atoms with E-state index in [1.165, 1.54) is 49.7 Å². The molecule has 0 amide bonds. The summed E-state index contributed by atoms with van der Waals surface area (Å²) < 4.78 is 0. The second-order valence-corrected chi connectivity index (χ2v) is 6.96. The summed E-state index contributed by atoms with van der Waals surface area (Å²) in [6.07, 6.45) is 8.19. The van der Waals surface area contributed by atoms with Crippen LogP contribution in [0, 0.1) is 29.2 Å². The molecule has 0 atom stereocenters. The molecule has 0 heterocycles. The van der Waals surface area contributed by atoms with Gasteiger partial charge in [-0.3, -0.25) is 5.26 Å². The third kappa shape index (κ3) is 5.27. The van der Waals surface area contributed by atoms with E-state index in [1.54, 1.807) is 0 Å². The summed E-state index contributed by atoms with van der Waals surface area (Å²) in [6.45, 7) is 2.38. The summed E-state index contributed by atoms with van der Waals surface area (Å²) in [5.41, 5.74) is 4.34. The van der Waals surface area contributed by atoms with Crippen molar-refractivity contribution in [2.24, 2.45) is 11.8 Å². The number of nitrogens with zero attached hydrogens (tertiary/aromatic N) is 1. The molecule has 1 fully saturated rings. The van der Waals surface area contributed by atoms with Gasteiger partial charge in [0.1, 0.15) is 0 Å². The Balaban J connectivity index is 0.00000208. The minimum absolute atomic E-state index is 0. The van der Waals surface area contributed by atoms with Crippen LogP contribution in [0.25, 0.3) is 11.1 Å². The van der Waals surface area contributed by atoms with Crippen molar-refractivity contribution in [3.8, 4) is 17.2 Å². The molecule has 0 aliphatic heterocycles. The minimum atomic E-state index is 0. The number of hydrogen-bond donors (Lipinski definition) is 0. The van der Waals surface area contributed by atoms with Gasteiger partial charge in [0.2, 0.25) is 0 Å². The molecule has 1 nitrogen and oxygen atoms in total. The average molecular weight is 391 g/mol. The van der Waals surface area contributed by atoms with E-state index in [-0.39, 0.29) is 32.7 Å². The van der Waals surface area contributed by atoms with Gasteiger partial charge < -0.3 is 0 Å². The second-order valence-electron chi connectivity index (χ2n) is 6.96. The molecule has 1 aliphatic carbocycles. The Morgan fingerprint density at radius 1 is 1.00 bits per heavy atom. The molecule has 24 heavy (non-hydrogen) atoms. The van der Waals surface area contributed by atoms with E-state index in [0.717, 1.165) is 17.4 Å². The van der Waals surface area contributed by atoms with Gasteiger partial charge in [-0.05, 0) is 36.3 Å². The van der Waals surface area contributed by atoms with Gasteiger partial charge in [-0.15, -0.1) is 24.3 Å². The quantitative estimate of drug-likeness (QED) is 0.606. The normalized spacial score (nSPS) is 20.0. The van der Waals surface area contributed by atoms with E-state index < -0.39 is 0 Å². The van der Waals surface area contributed by atoms with E-state index in [1.807, 2.05) is 18.2 Å². The van der Waals surface area contributed by atoms with E-state index in [4.69, 9.17) is 5.26 Å². The molecule has 0 spiro atoms. The average Bonchev–Trinajstić information content (AvgIpc) is 2.62. The third-order valence-corrected chi connectivity index (χ3v) is 5.20. The van der Waals surface area contributed by atoms with Crippen molar-refractivity contribution >= 4 is 0 Å². The number of benzene rings is 2. The molecule has 1 radical (unpaired) electrons. The van der Waals surface area contributed by atoms with Crippen molar-refractivity contribution in [2.75, 3.05) is 0 Å². The van der Waals surface area contributed by atoms with Crippen LogP contribution in [-0.2, 0) is 39.1 Å². The van der Waals surface area contributed by atoms with Gasteiger partial charge in [-0.1, -0.05) is 73.6 Å². The summed E-state index contributed by atoms with van der Waals surface area (Å²) in [4.78, 5) is 0. The molecule has 3 rings (SSSR count). The minimum Gasteiger partial charge on any atom is -0.262 e. The number of hydrogen-bond acceptors (Lipinski definition) is 1. The van der Waals surface area contributed by atoms with Gasteiger partial charge in [0.15, 0.2) is 0 Å². The van der Waals surface area contributed by atoms with Crippen LogP contribution in [0.2, 0.25) is 0 Å². The van der Waals surface area contributed by atoms with E-state index in [2.05, 4.69) is 43.3 Å². The molecule has 2 aromatic rings. The number of rotatable bonds is 4. The fourth-order valence-electron chi connectivity index (χ4n) is 3.53. The molecular formula is C22H24NY-. The van der Waals surface area contributed by atoms with Crippen LogP contribution < -0.4 is 0 Å². The van der Waals surface area contributed by atoms with Gasteiger partial charge in [0.25, 0.3) is 0 Å². The zero-order chi connectivity index (χ0) is 16.1. The fourth-order valence-corrected chi connectivity index (χ4v) is 3.53. The maximum Gasteiger partial charge on any atom is 0 e. The first kappa shape index (κ1) is 19.4. The standard InChI is InChI=1S/C22H24N.Y/c1-17-2-4-18(5-3-17)6-7-19-8-12-21(13-9-19)22-14-10-20(16-23)11-15-22;/h8-10,12-15,17-18H,2-7H2,1H3;/q-1;. The largest absolute Gasteiger partial charge is 0.262 e. The van der Waals surface area contributed by atoms with Crippen molar-refractivity contribution < 1.29 is 32.7 Å². The molecule has 1 aliphatic rings. The zero-order valence-corrected chi connectivity index (χ0v) is 17.3. The third-order valence-electron chi connectivity index (χ3n) is 5.20. The second kappa shape index (κ2) is 9.50. The SMILES string of the molecule is CC1CCC(CCc2ccc(-c3c[c-]c(C#N)cc3)cc2)CC1.[Y]. The molecule has 121 valence electrons. The van der Waals surface area contributed by atoms with Gasteiger partial charge >= 0.3 is 0 Å². The molecule has 0 N–H and O–H groups in total. The van der Waals surface area contributed by atoms with Crippen LogP contribution in [0.15, 0.2) is 42.5 Å². The first-order chi connectivity index (χ1) is 11.2. The van der Waals surface area contributed by atoms with Crippen LogP contribution in [0.4, 0.5) is 0 Å². The van der Waals surface area contributed by atoms with Gasteiger partial charge in [-0.2, -0.15) is 0 Å². The van der Waals surface area contributed by atoms with Crippen molar-refractivity contribution in [1.82, 2.24) is 0 Å². The number of nitriles is 1. The van der Waals surface area contributed by atoms with Gasteiger partial charge in [0, 0.05) is 32.7 Å². The van der Waals surface area contributed by atoms with E-state index in [0.29, 0.717) is 5.56 Å². The molecule has 2 aromatic carbocycles. The molecule has 0 aromatic heterocycles. The number of aryl methyl sites for hydroxylation is 1. The van der Waals surface area contributed by atoms with Crippen LogP contribution >= 0.6 is 0 Å². The Morgan fingerprint density at radius 3 is 2.25 bits per heavy atom. The summed E-state index contributed by atoms with van der Waals surface area (Å²) in [5.74, 6) is 1.87. The molecule has 1 saturated carbocycles. The van der Waals surface area contributed by atoms with Crippen molar-refractivity contribution in [2.45, 2.75) is 45.4 Å². The zero-order valence-electron chi connectivity index (χ0n) is 14.5. The van der Waals surface area contributed by atoms with Gasteiger partial charge in [0.05, 0.1) is 0 Å². The molecule has 0 saturated heterocycles. The first-order valence-electron chi connectivity index (χ1n) is 8.76. The smallest absolute Gasteiger partial charge is 0 e. The monoisotopic (exact) mass is 391 g/mol. The van der Waals surface area contributed by atoms with Crippen LogP contribution in [0.3, 0.4) is 0 Å². The maximum atomic E-state index is 8.84. The van der Waals surface area contributed by atoms with Crippen molar-refractivity contribution in [1.29, 1.82) is 5.26 Å². The summed E-state index contributed by atoms with van der Waals surface area (Å²) in [6, 6.07) is 19.7. The van der Waals surface area contributed by atoms with E-state index >= 15 is 0 Å². The van der Waals surface area contributed by atoms with Gasteiger partial charge in [-0.25, -0.2) is 0 Å². The predicted molar refractivity (Wildman–Crippen MR) is 94.9 cm³/mol. The molecular weight excluding hydrogens is 367 g/mol. The van der Waals surface area contributed by atoms with Crippen LogP contribution in [0.1, 0.15) is 50.2 Å². The summed E-state index contributed by atoms with van der Waals surface area (Å²) in [5, 5.41) is 8.84. The predicted octanol–water partition coefficient (Wildman–Crippen LogP) is 5.78. The Bertz CT molecular complexity index is 659. The van der Waals surface area contributed by atoms with Crippen molar-refractivity contribution in [3.05, 3.63) is 59.7 Å². The Labute approximate surface area is 171 Å². The summed E-state index contributed by atoms with van der Waals surface area (Å²) in [7, 11) is 0. The molecule has 0 bridgehead atoms. The van der Waals surface area contributed by atoms with Crippen LogP contribution in [-0.4, -0.2) is 0 Å². The molecule has 2 heteroatoms. The summed E-state index contributed by atoms with van der Waals surface area (Å²) >= 11 is 0. The topological polar surface area (TPSA) is 23.8 Å². The maximum absolute atomic E-state index is 8.84. The first-order valence-corrected chi connectivity index (χ1v) is 8.76.